The Morgan fingerprint density at radius 1 is 0.917 bits per heavy atom. The van der Waals surface area contributed by atoms with E-state index in [2.05, 4.69) is 5.10 Å². The van der Waals surface area contributed by atoms with Gasteiger partial charge in [-0.2, -0.15) is 5.10 Å². The number of fused-ring (bicyclic) bond motifs is 1. The molecule has 36 heavy (non-hydrogen) atoms. The molecule has 0 atom stereocenters. The van der Waals surface area contributed by atoms with Gasteiger partial charge in [0.15, 0.2) is 23.5 Å². The number of benzene rings is 3. The Morgan fingerprint density at radius 3 is 1.97 bits per heavy atom. The summed E-state index contributed by atoms with van der Waals surface area (Å²) in [7, 11) is 3.20. The minimum atomic E-state index is -0.564. The van der Waals surface area contributed by atoms with Crippen LogP contribution < -0.4 is 24.4 Å². The van der Waals surface area contributed by atoms with E-state index in [1.54, 1.807) is 25.0 Å². The van der Waals surface area contributed by atoms with E-state index in [1.165, 1.54) is 0 Å². The number of aromatic nitrogens is 2. The summed E-state index contributed by atoms with van der Waals surface area (Å²) >= 11 is 6.75. The maximum absolute atomic E-state index is 13.0. The summed E-state index contributed by atoms with van der Waals surface area (Å²) in [4.78, 5) is 24.5. The largest absolute Gasteiger partial charge is 0.497 e. The molecule has 0 amide bonds. The molecule has 9 heteroatoms. The molecule has 0 N–H and O–H groups in total. The van der Waals surface area contributed by atoms with Gasteiger partial charge in [0.1, 0.15) is 24.7 Å². The predicted octanol–water partition coefficient (Wildman–Crippen LogP) is 5.06. The molecule has 0 bridgehead atoms. The molecule has 0 aliphatic carbocycles. The van der Waals surface area contributed by atoms with E-state index in [4.69, 9.17) is 30.5 Å². The molecule has 4 rings (SSSR count). The highest BCUT2D eigenvalue weighted by Gasteiger charge is 2.21. The fourth-order valence-corrected chi connectivity index (χ4v) is 4.02. The summed E-state index contributed by atoms with van der Waals surface area (Å²) < 4.78 is 24.2. The number of ether oxygens (including phenoxy) is 4. The second-order valence-electron chi connectivity index (χ2n) is 7.83. The number of methoxy groups -OCH3 is 2. The molecule has 0 saturated heterocycles. The number of aldehydes is 1. The quantitative estimate of drug-likeness (QED) is 0.277. The van der Waals surface area contributed by atoms with Crippen LogP contribution in [0.2, 0.25) is 5.02 Å². The summed E-state index contributed by atoms with van der Waals surface area (Å²) in [6.45, 7) is 2.66. The smallest absolute Gasteiger partial charge is 0.220 e. The maximum atomic E-state index is 13.0. The first-order valence-electron chi connectivity index (χ1n) is 11.2. The number of hydrogen-bond donors (Lipinski definition) is 0. The lowest BCUT2D eigenvalue weighted by atomic mass is 10.1. The number of nitrogens with zero attached hydrogens (tertiary/aromatic N) is 2. The van der Waals surface area contributed by atoms with Crippen molar-refractivity contribution in [3.63, 3.8) is 0 Å². The Balaban J connectivity index is 1.77. The SMILES string of the molecule is CCn1nc(C=O)c(=O)c2c(Cl)c(OCc3ccc(OC)cc3)c(OCc3ccc(OC)cc3)cc21. The van der Waals surface area contributed by atoms with Crippen molar-refractivity contribution in [3.05, 3.63) is 86.7 Å². The Morgan fingerprint density at radius 2 is 1.47 bits per heavy atom. The Kier molecular flexibility index (Phi) is 7.75. The summed E-state index contributed by atoms with van der Waals surface area (Å²) in [6.07, 6.45) is 0.427. The Bertz CT molecular complexity index is 1430. The molecule has 4 aromatic rings. The highest BCUT2D eigenvalue weighted by molar-refractivity contribution is 6.37. The molecule has 0 unspecified atom stereocenters. The van der Waals surface area contributed by atoms with Gasteiger partial charge in [0.2, 0.25) is 5.43 Å². The van der Waals surface area contributed by atoms with E-state index in [-0.39, 0.29) is 35.1 Å². The summed E-state index contributed by atoms with van der Waals surface area (Å²) in [5.74, 6) is 2.01. The standard InChI is InChI=1S/C27H25ClN2O6/c1-4-30-22-13-23(35-15-17-5-9-19(33-2)10-6-17)27(25(28)24(22)26(32)21(14-31)29-30)36-16-18-7-11-20(34-3)12-8-18/h5-14H,4,15-16H2,1-3H3. The second-order valence-corrected chi connectivity index (χ2v) is 8.21. The number of hydrogen-bond acceptors (Lipinski definition) is 7. The first-order valence-corrected chi connectivity index (χ1v) is 11.6. The molecule has 0 saturated carbocycles. The lowest BCUT2D eigenvalue weighted by Gasteiger charge is -2.18. The van der Waals surface area contributed by atoms with Crippen molar-refractivity contribution in [2.24, 2.45) is 0 Å². The number of carbonyl (C=O) groups excluding carboxylic acids is 1. The molecule has 0 aliphatic rings. The van der Waals surface area contributed by atoms with Crippen LogP contribution in [0, 0.1) is 0 Å². The molecule has 186 valence electrons. The van der Waals surface area contributed by atoms with Gasteiger partial charge in [-0.3, -0.25) is 14.3 Å². The van der Waals surface area contributed by atoms with Crippen molar-refractivity contribution in [2.45, 2.75) is 26.7 Å². The molecule has 1 aromatic heterocycles. The molecular formula is C27H25ClN2O6. The third-order valence-electron chi connectivity index (χ3n) is 5.64. The van der Waals surface area contributed by atoms with Crippen molar-refractivity contribution < 1.29 is 23.7 Å². The van der Waals surface area contributed by atoms with Crippen LogP contribution in [0.1, 0.15) is 28.5 Å². The van der Waals surface area contributed by atoms with Gasteiger partial charge < -0.3 is 18.9 Å². The van der Waals surface area contributed by atoms with E-state index in [1.807, 2.05) is 55.5 Å². The number of halogens is 1. The van der Waals surface area contributed by atoms with Gasteiger partial charge in [-0.1, -0.05) is 35.9 Å². The van der Waals surface area contributed by atoms with Crippen molar-refractivity contribution in [1.82, 2.24) is 9.78 Å². The Hall–Kier alpha value is -4.04. The van der Waals surface area contributed by atoms with Gasteiger partial charge >= 0.3 is 0 Å². The summed E-state index contributed by atoms with van der Waals surface area (Å²) in [5, 5.41) is 4.36. The third-order valence-corrected chi connectivity index (χ3v) is 6.00. The summed E-state index contributed by atoms with van der Waals surface area (Å²) in [6, 6.07) is 16.5. The van der Waals surface area contributed by atoms with Crippen molar-refractivity contribution >= 4 is 28.8 Å². The second kappa shape index (κ2) is 11.1. The monoisotopic (exact) mass is 508 g/mol. The number of aryl methyl sites for hydroxylation is 1. The van der Waals surface area contributed by atoms with Gasteiger partial charge in [0.05, 0.1) is 30.1 Å². The molecule has 8 nitrogen and oxygen atoms in total. The zero-order chi connectivity index (χ0) is 25.7. The van der Waals surface area contributed by atoms with Gasteiger partial charge in [-0.15, -0.1) is 0 Å². The molecule has 3 aromatic carbocycles. The number of rotatable bonds is 10. The van der Waals surface area contributed by atoms with Crippen LogP contribution in [-0.2, 0) is 19.8 Å². The average Bonchev–Trinajstić information content (AvgIpc) is 2.92. The first-order chi connectivity index (χ1) is 17.5. The van der Waals surface area contributed by atoms with Crippen LogP contribution in [0.25, 0.3) is 10.9 Å². The van der Waals surface area contributed by atoms with Crippen molar-refractivity contribution in [2.75, 3.05) is 14.2 Å². The van der Waals surface area contributed by atoms with Crippen molar-refractivity contribution in [3.8, 4) is 23.0 Å². The van der Waals surface area contributed by atoms with Crippen LogP contribution in [0.3, 0.4) is 0 Å². The topological polar surface area (TPSA) is 88.9 Å². The minimum absolute atomic E-state index is 0.0587. The van der Waals surface area contributed by atoms with E-state index in [0.29, 0.717) is 24.1 Å². The predicted molar refractivity (Wildman–Crippen MR) is 137 cm³/mol. The van der Waals surface area contributed by atoms with Crippen LogP contribution in [0.5, 0.6) is 23.0 Å². The molecule has 0 aliphatic heterocycles. The van der Waals surface area contributed by atoms with Gasteiger partial charge in [-0.25, -0.2) is 0 Å². The van der Waals surface area contributed by atoms with Crippen LogP contribution in [0.15, 0.2) is 59.4 Å². The van der Waals surface area contributed by atoms with E-state index >= 15 is 0 Å². The maximum Gasteiger partial charge on any atom is 0.220 e. The molecule has 0 spiro atoms. The van der Waals surface area contributed by atoms with E-state index < -0.39 is 5.43 Å². The van der Waals surface area contributed by atoms with Crippen LogP contribution in [-0.4, -0.2) is 30.3 Å². The average molecular weight is 509 g/mol. The highest BCUT2D eigenvalue weighted by atomic mass is 35.5. The zero-order valence-corrected chi connectivity index (χ0v) is 20.9. The van der Waals surface area contributed by atoms with Crippen LogP contribution >= 0.6 is 11.6 Å². The highest BCUT2D eigenvalue weighted by Crippen LogP contribution is 2.41. The third kappa shape index (κ3) is 5.13. The fraction of sp³-hybridized carbons (Fsp3) is 0.222. The van der Waals surface area contributed by atoms with Gasteiger partial charge in [0.25, 0.3) is 0 Å². The fourth-order valence-electron chi connectivity index (χ4n) is 3.69. The van der Waals surface area contributed by atoms with E-state index in [9.17, 15) is 9.59 Å². The lowest BCUT2D eigenvalue weighted by Crippen LogP contribution is -2.19. The van der Waals surface area contributed by atoms with Gasteiger partial charge in [-0.05, 0) is 42.3 Å². The van der Waals surface area contributed by atoms with Gasteiger partial charge in [0, 0.05) is 12.6 Å². The summed E-state index contributed by atoms with van der Waals surface area (Å²) in [5.41, 5.74) is 1.42. The van der Waals surface area contributed by atoms with Crippen LogP contribution in [0.4, 0.5) is 0 Å². The zero-order valence-electron chi connectivity index (χ0n) is 20.1. The Labute approximate surface area is 212 Å². The lowest BCUT2D eigenvalue weighted by molar-refractivity contribution is 0.111. The molecule has 0 fully saturated rings. The molecular weight excluding hydrogens is 484 g/mol. The first kappa shape index (κ1) is 25.1. The normalized spacial score (nSPS) is 10.8. The minimum Gasteiger partial charge on any atom is -0.497 e. The molecule has 0 radical (unpaired) electrons. The molecule has 1 heterocycles. The number of carbonyl (C=O) groups is 1. The van der Waals surface area contributed by atoms with E-state index in [0.717, 1.165) is 22.6 Å². The van der Waals surface area contributed by atoms with Crippen molar-refractivity contribution in [1.29, 1.82) is 0 Å².